The van der Waals surface area contributed by atoms with Gasteiger partial charge in [-0.3, -0.25) is 5.43 Å². The van der Waals surface area contributed by atoms with Gasteiger partial charge in [0.2, 0.25) is 0 Å². The van der Waals surface area contributed by atoms with Gasteiger partial charge in [-0.1, -0.05) is 30.3 Å². The molecule has 0 heterocycles. The SMILES string of the molecule is COCC(C)NC(=S)N/N=C(\C)C1CC1c1ccccc1. The number of rotatable bonds is 6. The van der Waals surface area contributed by atoms with Crippen molar-refractivity contribution >= 4 is 23.0 Å². The lowest BCUT2D eigenvalue weighted by Crippen LogP contribution is -2.40. The second kappa shape index (κ2) is 7.52. The summed E-state index contributed by atoms with van der Waals surface area (Å²) >= 11 is 5.21. The molecule has 1 aliphatic carbocycles. The minimum absolute atomic E-state index is 0.170. The van der Waals surface area contributed by atoms with Crippen LogP contribution in [0.15, 0.2) is 35.4 Å². The highest BCUT2D eigenvalue weighted by Gasteiger charge is 2.40. The van der Waals surface area contributed by atoms with E-state index in [1.54, 1.807) is 7.11 Å². The van der Waals surface area contributed by atoms with E-state index in [0.29, 0.717) is 23.6 Å². The van der Waals surface area contributed by atoms with Crippen molar-refractivity contribution in [3.63, 3.8) is 0 Å². The average Bonchev–Trinajstić information content (AvgIpc) is 3.26. The molecule has 0 aromatic heterocycles. The summed E-state index contributed by atoms with van der Waals surface area (Å²) in [6.45, 7) is 4.69. The molecule has 21 heavy (non-hydrogen) atoms. The number of nitrogens with one attached hydrogen (secondary N) is 2. The van der Waals surface area contributed by atoms with Crippen LogP contribution in [0.1, 0.15) is 31.7 Å². The number of ether oxygens (including phenoxy) is 1. The molecule has 3 atom stereocenters. The zero-order chi connectivity index (χ0) is 15.2. The van der Waals surface area contributed by atoms with E-state index in [2.05, 4.69) is 53.1 Å². The molecule has 1 aliphatic rings. The summed E-state index contributed by atoms with van der Waals surface area (Å²) < 4.78 is 5.06. The summed E-state index contributed by atoms with van der Waals surface area (Å²) in [7, 11) is 1.67. The lowest BCUT2D eigenvalue weighted by atomic mass is 10.1. The van der Waals surface area contributed by atoms with Gasteiger partial charge in [0.25, 0.3) is 0 Å². The first-order valence-corrected chi connectivity index (χ1v) is 7.67. The normalized spacial score (nSPS) is 22.5. The smallest absolute Gasteiger partial charge is 0.187 e. The first kappa shape index (κ1) is 15.9. The lowest BCUT2D eigenvalue weighted by molar-refractivity contribution is 0.179. The third kappa shape index (κ3) is 4.79. The van der Waals surface area contributed by atoms with Crippen molar-refractivity contribution in [1.82, 2.24) is 10.7 Å². The molecular formula is C16H23N3OS. The van der Waals surface area contributed by atoms with Crippen LogP contribution in [0.2, 0.25) is 0 Å². The third-order valence-electron chi connectivity index (χ3n) is 3.68. The summed E-state index contributed by atoms with van der Waals surface area (Å²) in [5.41, 5.74) is 5.42. The zero-order valence-corrected chi connectivity index (χ0v) is 13.6. The van der Waals surface area contributed by atoms with Crippen LogP contribution in [0.5, 0.6) is 0 Å². The van der Waals surface area contributed by atoms with Gasteiger partial charge in [0.15, 0.2) is 5.11 Å². The molecule has 0 amide bonds. The van der Waals surface area contributed by atoms with Gasteiger partial charge in [-0.25, -0.2) is 0 Å². The van der Waals surface area contributed by atoms with Gasteiger partial charge in [-0.2, -0.15) is 5.10 Å². The van der Waals surface area contributed by atoms with E-state index in [9.17, 15) is 0 Å². The van der Waals surface area contributed by atoms with Crippen molar-refractivity contribution in [2.45, 2.75) is 32.2 Å². The van der Waals surface area contributed by atoms with Crippen molar-refractivity contribution < 1.29 is 4.74 Å². The van der Waals surface area contributed by atoms with E-state index >= 15 is 0 Å². The maximum Gasteiger partial charge on any atom is 0.187 e. The fourth-order valence-corrected chi connectivity index (χ4v) is 2.74. The Morgan fingerprint density at radius 2 is 2.14 bits per heavy atom. The number of nitrogens with zero attached hydrogens (tertiary/aromatic N) is 1. The first-order valence-electron chi connectivity index (χ1n) is 7.26. The average molecular weight is 305 g/mol. The quantitative estimate of drug-likeness (QED) is 0.482. The van der Waals surface area contributed by atoms with Crippen LogP contribution in [-0.2, 0) is 4.74 Å². The number of methoxy groups -OCH3 is 1. The molecule has 0 aliphatic heterocycles. The van der Waals surface area contributed by atoms with E-state index in [-0.39, 0.29) is 6.04 Å². The maximum absolute atomic E-state index is 5.21. The van der Waals surface area contributed by atoms with E-state index in [0.717, 1.165) is 5.71 Å². The lowest BCUT2D eigenvalue weighted by Gasteiger charge is -2.14. The highest BCUT2D eigenvalue weighted by atomic mass is 32.1. The van der Waals surface area contributed by atoms with Crippen LogP contribution >= 0.6 is 12.2 Å². The summed E-state index contributed by atoms with van der Waals surface area (Å²) in [4.78, 5) is 0. The Balaban J connectivity index is 1.79. The van der Waals surface area contributed by atoms with Gasteiger partial charge < -0.3 is 10.1 Å². The van der Waals surface area contributed by atoms with Crippen LogP contribution in [-0.4, -0.2) is 30.6 Å². The Kier molecular flexibility index (Phi) is 5.70. The fraction of sp³-hybridized carbons (Fsp3) is 0.500. The molecular weight excluding hydrogens is 282 g/mol. The van der Waals surface area contributed by atoms with E-state index in [1.807, 2.05) is 6.92 Å². The second-order valence-corrected chi connectivity index (χ2v) is 5.96. The summed E-state index contributed by atoms with van der Waals surface area (Å²) in [5, 5.41) is 8.06. The first-order chi connectivity index (χ1) is 10.1. The Hall–Kier alpha value is -1.46. The molecule has 0 spiro atoms. The van der Waals surface area contributed by atoms with Gasteiger partial charge in [-0.15, -0.1) is 0 Å². The monoisotopic (exact) mass is 305 g/mol. The van der Waals surface area contributed by atoms with Crippen molar-refractivity contribution in [2.24, 2.45) is 11.0 Å². The van der Waals surface area contributed by atoms with Crippen LogP contribution in [0.4, 0.5) is 0 Å². The van der Waals surface area contributed by atoms with E-state index in [1.165, 1.54) is 12.0 Å². The molecule has 3 unspecified atom stereocenters. The minimum atomic E-state index is 0.170. The molecule has 0 saturated heterocycles. The fourth-order valence-electron chi connectivity index (χ4n) is 2.49. The molecule has 0 bridgehead atoms. The van der Waals surface area contributed by atoms with Crippen molar-refractivity contribution in [1.29, 1.82) is 0 Å². The van der Waals surface area contributed by atoms with Crippen LogP contribution < -0.4 is 10.7 Å². The highest BCUT2D eigenvalue weighted by molar-refractivity contribution is 7.80. The van der Waals surface area contributed by atoms with Gasteiger partial charge in [0.1, 0.15) is 0 Å². The Labute approximate surface area is 132 Å². The molecule has 1 fully saturated rings. The Bertz CT molecular complexity index is 504. The number of thiocarbonyl (C=S) groups is 1. The number of benzene rings is 1. The molecule has 4 nitrogen and oxygen atoms in total. The maximum atomic E-state index is 5.21. The van der Waals surface area contributed by atoms with Crippen LogP contribution in [0, 0.1) is 5.92 Å². The molecule has 2 rings (SSSR count). The van der Waals surface area contributed by atoms with Crippen molar-refractivity contribution in [2.75, 3.05) is 13.7 Å². The molecule has 1 aromatic carbocycles. The predicted octanol–water partition coefficient (Wildman–Crippen LogP) is 2.67. The predicted molar refractivity (Wildman–Crippen MR) is 90.6 cm³/mol. The number of hydrogen-bond acceptors (Lipinski definition) is 3. The van der Waals surface area contributed by atoms with Crippen molar-refractivity contribution in [3.05, 3.63) is 35.9 Å². The van der Waals surface area contributed by atoms with Gasteiger partial charge >= 0.3 is 0 Å². The molecule has 114 valence electrons. The minimum Gasteiger partial charge on any atom is -0.383 e. The summed E-state index contributed by atoms with van der Waals surface area (Å²) in [6, 6.07) is 10.8. The second-order valence-electron chi connectivity index (χ2n) is 5.55. The van der Waals surface area contributed by atoms with Crippen molar-refractivity contribution in [3.8, 4) is 0 Å². The van der Waals surface area contributed by atoms with Crippen LogP contribution in [0.3, 0.4) is 0 Å². The molecule has 1 aromatic rings. The van der Waals surface area contributed by atoms with E-state index < -0.39 is 0 Å². The largest absolute Gasteiger partial charge is 0.383 e. The topological polar surface area (TPSA) is 45.6 Å². The number of hydrogen-bond donors (Lipinski definition) is 2. The van der Waals surface area contributed by atoms with Gasteiger partial charge in [-0.05, 0) is 44.0 Å². The summed E-state index contributed by atoms with van der Waals surface area (Å²) in [5.74, 6) is 1.13. The van der Waals surface area contributed by atoms with E-state index in [4.69, 9.17) is 17.0 Å². The summed E-state index contributed by atoms with van der Waals surface area (Å²) in [6.07, 6.45) is 1.17. The molecule has 1 saturated carbocycles. The number of hydrazone groups is 1. The van der Waals surface area contributed by atoms with Gasteiger partial charge in [0.05, 0.1) is 6.61 Å². The highest BCUT2D eigenvalue weighted by Crippen LogP contribution is 2.48. The molecule has 0 radical (unpaired) electrons. The zero-order valence-electron chi connectivity index (χ0n) is 12.8. The van der Waals surface area contributed by atoms with Crippen LogP contribution in [0.25, 0.3) is 0 Å². The molecule has 5 heteroatoms. The Morgan fingerprint density at radius 3 is 2.81 bits per heavy atom. The molecule has 2 N–H and O–H groups in total. The Morgan fingerprint density at radius 1 is 1.43 bits per heavy atom. The van der Waals surface area contributed by atoms with Gasteiger partial charge in [0, 0.05) is 24.8 Å². The third-order valence-corrected chi connectivity index (χ3v) is 3.89. The standard InChI is InChI=1S/C16H23N3OS/c1-11(10-20-3)17-16(21)19-18-12(2)14-9-15(14)13-7-5-4-6-8-13/h4-8,11,14-15H,9-10H2,1-3H3,(H2,17,19,21)/b18-12+.